The monoisotopic (exact) mass is 369 g/mol. The predicted molar refractivity (Wildman–Crippen MR) is 101 cm³/mol. The van der Waals surface area contributed by atoms with Crippen LogP contribution in [0.15, 0.2) is 52.5 Å². The number of nitrogens with one attached hydrogen (secondary N) is 2. The van der Waals surface area contributed by atoms with E-state index >= 15 is 0 Å². The maximum Gasteiger partial charge on any atom is 0.293 e. The number of thiazole rings is 1. The average Bonchev–Trinajstić information content (AvgIpc) is 3.31. The van der Waals surface area contributed by atoms with Crippen molar-refractivity contribution in [3.8, 4) is 11.3 Å². The lowest BCUT2D eigenvalue weighted by molar-refractivity contribution is -0.118. The van der Waals surface area contributed by atoms with Gasteiger partial charge in [-0.2, -0.15) is 0 Å². The molecule has 3 aromatic rings. The van der Waals surface area contributed by atoms with Crippen molar-refractivity contribution in [2.24, 2.45) is 0 Å². The molecule has 0 atom stereocenters. The first-order valence-corrected chi connectivity index (χ1v) is 9.14. The summed E-state index contributed by atoms with van der Waals surface area (Å²) in [5.41, 5.74) is 3.01. The molecule has 0 saturated carbocycles. The van der Waals surface area contributed by atoms with E-state index in [0.717, 1.165) is 24.1 Å². The van der Waals surface area contributed by atoms with E-state index in [2.05, 4.69) is 27.8 Å². The van der Waals surface area contributed by atoms with Crippen molar-refractivity contribution >= 4 is 28.3 Å². The molecule has 0 unspecified atom stereocenters. The summed E-state index contributed by atoms with van der Waals surface area (Å²) in [6.45, 7) is 2.20. The van der Waals surface area contributed by atoms with Crippen LogP contribution >= 0.6 is 11.3 Å². The van der Waals surface area contributed by atoms with E-state index in [1.54, 1.807) is 12.1 Å². The number of carbonyl (C=O) groups excluding carboxylic acids is 2. The van der Waals surface area contributed by atoms with E-state index in [9.17, 15) is 9.59 Å². The van der Waals surface area contributed by atoms with Crippen LogP contribution in [0.1, 0.15) is 29.5 Å². The maximum absolute atomic E-state index is 12.0. The number of aryl methyl sites for hydroxylation is 1. The number of rotatable bonds is 7. The first-order valence-electron chi connectivity index (χ1n) is 8.26. The maximum atomic E-state index is 12.0. The number of carbonyl (C=O) groups is 2. The molecule has 2 N–H and O–H groups in total. The number of aromatic nitrogens is 1. The quantitative estimate of drug-likeness (QED) is 0.622. The van der Waals surface area contributed by atoms with E-state index in [4.69, 9.17) is 4.42 Å². The normalized spacial score (nSPS) is 10.5. The van der Waals surface area contributed by atoms with Crippen LogP contribution in [0.4, 0.5) is 5.13 Å². The molecule has 0 saturated heterocycles. The Bertz CT molecular complexity index is 870. The van der Waals surface area contributed by atoms with Crippen molar-refractivity contribution in [2.45, 2.75) is 19.8 Å². The first-order chi connectivity index (χ1) is 12.6. The van der Waals surface area contributed by atoms with Gasteiger partial charge >= 0.3 is 0 Å². The molecule has 0 bridgehead atoms. The van der Waals surface area contributed by atoms with Crippen molar-refractivity contribution in [2.75, 3.05) is 11.9 Å². The highest BCUT2D eigenvalue weighted by Gasteiger charge is 2.12. The Morgan fingerprint density at radius 1 is 1.19 bits per heavy atom. The van der Waals surface area contributed by atoms with Gasteiger partial charge < -0.3 is 9.73 Å². The summed E-state index contributed by atoms with van der Waals surface area (Å²) in [6, 6.07) is 11.4. The molecule has 0 aliphatic rings. The van der Waals surface area contributed by atoms with Crippen molar-refractivity contribution in [1.29, 1.82) is 0 Å². The highest BCUT2D eigenvalue weighted by atomic mass is 32.1. The summed E-state index contributed by atoms with van der Waals surface area (Å²) in [6.07, 6.45) is 3.26. The summed E-state index contributed by atoms with van der Waals surface area (Å²) >= 11 is 1.37. The van der Waals surface area contributed by atoms with Crippen LogP contribution in [0.25, 0.3) is 11.3 Å². The molecule has 0 spiro atoms. The van der Waals surface area contributed by atoms with Gasteiger partial charge in [-0.1, -0.05) is 24.3 Å². The third-order valence-corrected chi connectivity index (χ3v) is 4.49. The van der Waals surface area contributed by atoms with Crippen molar-refractivity contribution in [3.05, 3.63) is 59.4 Å². The summed E-state index contributed by atoms with van der Waals surface area (Å²) in [5.74, 6) is -0.0605. The molecule has 0 aliphatic heterocycles. The van der Waals surface area contributed by atoms with Crippen LogP contribution in [0.5, 0.6) is 0 Å². The Balaban J connectivity index is 1.57. The Morgan fingerprint density at radius 2 is 2.00 bits per heavy atom. The summed E-state index contributed by atoms with van der Waals surface area (Å²) in [4.78, 5) is 27.3. The average molecular weight is 369 g/mol. The second-order valence-corrected chi connectivity index (χ2v) is 6.61. The number of anilines is 1. The number of nitrogens with zero attached hydrogens (tertiary/aromatic N) is 1. The molecule has 0 radical (unpaired) electrons. The fourth-order valence-electron chi connectivity index (χ4n) is 2.43. The first kappa shape index (κ1) is 17.9. The van der Waals surface area contributed by atoms with Crippen LogP contribution < -0.4 is 10.6 Å². The third-order valence-electron chi connectivity index (χ3n) is 3.74. The summed E-state index contributed by atoms with van der Waals surface area (Å²) in [5, 5.41) is 7.96. The van der Waals surface area contributed by atoms with Gasteiger partial charge in [0.25, 0.3) is 5.91 Å². The number of furan rings is 1. The van der Waals surface area contributed by atoms with E-state index in [1.165, 1.54) is 30.1 Å². The third kappa shape index (κ3) is 4.80. The largest absolute Gasteiger partial charge is 0.459 e. The van der Waals surface area contributed by atoms with E-state index in [1.807, 2.05) is 17.5 Å². The Labute approximate surface area is 155 Å². The Hall–Kier alpha value is -2.93. The number of amides is 2. The topological polar surface area (TPSA) is 84.2 Å². The van der Waals surface area contributed by atoms with Gasteiger partial charge in [0.05, 0.1) is 12.0 Å². The van der Waals surface area contributed by atoms with Crippen molar-refractivity contribution in [3.63, 3.8) is 0 Å². The molecule has 6 nitrogen and oxygen atoms in total. The molecule has 26 heavy (non-hydrogen) atoms. The molecule has 2 amide bonds. The molecule has 2 heterocycles. The summed E-state index contributed by atoms with van der Waals surface area (Å²) in [7, 11) is 0. The minimum absolute atomic E-state index is 0.00109. The minimum atomic E-state index is -0.314. The number of hydrogen-bond acceptors (Lipinski definition) is 5. The Kier molecular flexibility index (Phi) is 5.80. The van der Waals surface area contributed by atoms with Crippen molar-refractivity contribution < 1.29 is 14.0 Å². The van der Waals surface area contributed by atoms with E-state index in [0.29, 0.717) is 11.7 Å². The molecule has 0 aliphatic carbocycles. The van der Waals surface area contributed by atoms with Crippen LogP contribution in [0.3, 0.4) is 0 Å². The molecular formula is C19H19N3O3S. The lowest BCUT2D eigenvalue weighted by Gasteiger charge is -2.04. The van der Waals surface area contributed by atoms with E-state index in [-0.39, 0.29) is 17.6 Å². The fraction of sp³-hybridized carbons (Fsp3) is 0.211. The van der Waals surface area contributed by atoms with Crippen LogP contribution in [-0.2, 0) is 11.2 Å². The molecule has 0 fully saturated rings. The second kappa shape index (κ2) is 8.44. The fourth-order valence-corrected chi connectivity index (χ4v) is 3.14. The van der Waals surface area contributed by atoms with Gasteiger partial charge in [0.1, 0.15) is 0 Å². The van der Waals surface area contributed by atoms with Gasteiger partial charge in [0.15, 0.2) is 10.9 Å². The van der Waals surface area contributed by atoms with E-state index < -0.39 is 0 Å². The SMILES string of the molecule is CC(=O)NCCCc1ccc(-c2csc(NC(=O)c3ccco3)n2)cc1. The zero-order valence-corrected chi connectivity index (χ0v) is 15.1. The highest BCUT2D eigenvalue weighted by Crippen LogP contribution is 2.25. The van der Waals surface area contributed by atoms with Gasteiger partial charge in [-0.25, -0.2) is 4.98 Å². The molecule has 7 heteroatoms. The standard InChI is InChI=1S/C19H19N3O3S/c1-13(23)20-10-2-4-14-6-8-15(9-7-14)16-12-26-19(21-16)22-18(24)17-5-3-11-25-17/h3,5-9,11-12H,2,4,10H2,1H3,(H,20,23)(H,21,22,24). The zero-order chi connectivity index (χ0) is 18.4. The smallest absolute Gasteiger partial charge is 0.293 e. The lowest BCUT2D eigenvalue weighted by Crippen LogP contribution is -2.21. The second-order valence-electron chi connectivity index (χ2n) is 5.75. The predicted octanol–water partition coefficient (Wildman–Crippen LogP) is 3.72. The molecule has 134 valence electrons. The van der Waals surface area contributed by atoms with Gasteiger partial charge in [0, 0.05) is 24.4 Å². The van der Waals surface area contributed by atoms with Crippen molar-refractivity contribution in [1.82, 2.24) is 10.3 Å². The molecule has 1 aromatic carbocycles. The van der Waals surface area contributed by atoms with Gasteiger partial charge in [0.2, 0.25) is 5.91 Å². The number of benzene rings is 1. The van der Waals surface area contributed by atoms with Crippen LogP contribution in [-0.4, -0.2) is 23.3 Å². The highest BCUT2D eigenvalue weighted by molar-refractivity contribution is 7.14. The molecule has 2 aromatic heterocycles. The zero-order valence-electron chi connectivity index (χ0n) is 14.3. The minimum Gasteiger partial charge on any atom is -0.459 e. The van der Waals surface area contributed by atoms with Gasteiger partial charge in [-0.05, 0) is 30.5 Å². The molecular weight excluding hydrogens is 350 g/mol. The molecule has 3 rings (SSSR count). The van der Waals surface area contributed by atoms with Gasteiger partial charge in [-0.15, -0.1) is 11.3 Å². The number of hydrogen-bond donors (Lipinski definition) is 2. The summed E-state index contributed by atoms with van der Waals surface area (Å²) < 4.78 is 5.07. The van der Waals surface area contributed by atoms with Crippen LogP contribution in [0.2, 0.25) is 0 Å². The van der Waals surface area contributed by atoms with Crippen LogP contribution in [0, 0.1) is 0 Å². The van der Waals surface area contributed by atoms with Gasteiger partial charge in [-0.3, -0.25) is 14.9 Å². The lowest BCUT2D eigenvalue weighted by atomic mass is 10.1. The Morgan fingerprint density at radius 3 is 2.69 bits per heavy atom.